The van der Waals surface area contributed by atoms with E-state index in [2.05, 4.69) is 17.4 Å². The third kappa shape index (κ3) is 4.86. The summed E-state index contributed by atoms with van der Waals surface area (Å²) < 4.78 is 12.1. The Morgan fingerprint density at radius 1 is 1.31 bits per heavy atom. The molecule has 1 nitrogen and oxygen atoms in total. The van der Waals surface area contributed by atoms with Crippen LogP contribution in [0.4, 0.5) is 4.39 Å². The normalized spacial score (nSPS) is 12.8. The van der Waals surface area contributed by atoms with Crippen LogP contribution < -0.4 is 5.32 Å². The van der Waals surface area contributed by atoms with Crippen LogP contribution >= 0.6 is 11.6 Å². The van der Waals surface area contributed by atoms with E-state index < -0.39 is 5.63 Å². The van der Waals surface area contributed by atoms with Crippen LogP contribution in [0.3, 0.4) is 0 Å². The van der Waals surface area contributed by atoms with Crippen LogP contribution in [0.5, 0.6) is 0 Å². The van der Waals surface area contributed by atoms with Crippen molar-refractivity contribution in [2.24, 2.45) is 0 Å². The van der Waals surface area contributed by atoms with Gasteiger partial charge in [-0.05, 0) is 18.5 Å². The molecule has 1 atom stereocenters. The molecule has 0 radical (unpaired) electrons. The summed E-state index contributed by atoms with van der Waals surface area (Å²) in [7, 11) is 0. The van der Waals surface area contributed by atoms with Crippen molar-refractivity contribution in [3.8, 4) is 0 Å². The zero-order valence-electron chi connectivity index (χ0n) is 7.34. The van der Waals surface area contributed by atoms with Crippen molar-refractivity contribution in [3.63, 3.8) is 0 Å². The van der Waals surface area contributed by atoms with Crippen molar-refractivity contribution in [2.45, 2.75) is 12.1 Å². The zero-order chi connectivity index (χ0) is 9.52. The van der Waals surface area contributed by atoms with Gasteiger partial charge in [-0.2, -0.15) is 0 Å². The Labute approximate surface area is 82.9 Å². The molecule has 1 aromatic carbocycles. The Bertz CT molecular complexity index is 226. The molecule has 0 aliphatic heterocycles. The number of hydrogen-bond donors (Lipinski definition) is 1. The quantitative estimate of drug-likeness (QED) is 0.570. The van der Waals surface area contributed by atoms with Gasteiger partial charge in [-0.15, -0.1) is 0 Å². The van der Waals surface area contributed by atoms with Crippen LogP contribution in [-0.4, -0.2) is 18.7 Å². The highest BCUT2D eigenvalue weighted by Crippen LogP contribution is 1.98. The minimum atomic E-state index is -1.28. The van der Waals surface area contributed by atoms with Gasteiger partial charge in [-0.1, -0.05) is 41.9 Å². The van der Waals surface area contributed by atoms with Crippen LogP contribution in [0.25, 0.3) is 0 Å². The van der Waals surface area contributed by atoms with E-state index in [-0.39, 0.29) is 6.54 Å². The predicted octanol–water partition coefficient (Wildman–Crippen LogP) is 2.35. The fraction of sp³-hybridized carbons (Fsp3) is 0.400. The minimum absolute atomic E-state index is 0.217. The van der Waals surface area contributed by atoms with Crippen molar-refractivity contribution < 1.29 is 4.39 Å². The molecule has 3 heteroatoms. The highest BCUT2D eigenvalue weighted by molar-refractivity contribution is 6.19. The summed E-state index contributed by atoms with van der Waals surface area (Å²) in [6, 6.07) is 10.1. The predicted molar refractivity (Wildman–Crippen MR) is 53.8 cm³/mol. The Morgan fingerprint density at radius 3 is 2.62 bits per heavy atom. The largest absolute Gasteiger partial charge is 0.312 e. The molecule has 0 aliphatic carbocycles. The van der Waals surface area contributed by atoms with Crippen LogP contribution in [0, 0.1) is 0 Å². The van der Waals surface area contributed by atoms with E-state index in [1.807, 2.05) is 18.2 Å². The molecule has 0 heterocycles. The lowest BCUT2D eigenvalue weighted by atomic mass is 10.1. The van der Waals surface area contributed by atoms with E-state index in [1.165, 1.54) is 5.56 Å². The van der Waals surface area contributed by atoms with Crippen molar-refractivity contribution in [1.29, 1.82) is 0 Å². The molecule has 0 aliphatic rings. The average Bonchev–Trinajstić information content (AvgIpc) is 2.14. The second-order valence-corrected chi connectivity index (χ2v) is 3.30. The first-order valence-corrected chi connectivity index (χ1v) is 4.75. The summed E-state index contributed by atoms with van der Waals surface area (Å²) in [5, 5.41) is 2.93. The van der Waals surface area contributed by atoms with Crippen LogP contribution in [0.1, 0.15) is 5.56 Å². The maximum absolute atomic E-state index is 12.1. The molecule has 13 heavy (non-hydrogen) atoms. The van der Waals surface area contributed by atoms with Gasteiger partial charge in [0.15, 0.2) is 5.63 Å². The van der Waals surface area contributed by atoms with Gasteiger partial charge in [-0.3, -0.25) is 0 Å². The molecule has 0 spiro atoms. The standard InChI is InChI=1S/C10H13ClFN/c11-10(12)8-13-7-6-9-4-2-1-3-5-9/h1-5,10,13H,6-8H2. The van der Waals surface area contributed by atoms with Gasteiger partial charge in [0.2, 0.25) is 0 Å². The summed E-state index contributed by atoms with van der Waals surface area (Å²) >= 11 is 5.13. The summed E-state index contributed by atoms with van der Waals surface area (Å²) in [5.74, 6) is 0. The number of alkyl halides is 2. The third-order valence-corrected chi connectivity index (χ3v) is 1.89. The molecule has 0 bridgehead atoms. The first kappa shape index (κ1) is 10.5. The molecule has 1 rings (SSSR count). The van der Waals surface area contributed by atoms with Gasteiger partial charge in [-0.25, -0.2) is 4.39 Å². The van der Waals surface area contributed by atoms with Crippen LogP contribution in [0.2, 0.25) is 0 Å². The Balaban J connectivity index is 2.13. The molecular formula is C10H13ClFN. The molecule has 1 N–H and O–H groups in total. The number of nitrogens with one attached hydrogen (secondary N) is 1. The van der Waals surface area contributed by atoms with Gasteiger partial charge in [0.25, 0.3) is 0 Å². The number of hydrogen-bond acceptors (Lipinski definition) is 1. The lowest BCUT2D eigenvalue weighted by Gasteiger charge is -2.03. The molecule has 0 fully saturated rings. The second-order valence-electron chi connectivity index (χ2n) is 2.83. The highest BCUT2D eigenvalue weighted by atomic mass is 35.5. The fourth-order valence-electron chi connectivity index (χ4n) is 1.09. The molecule has 0 amide bonds. The van der Waals surface area contributed by atoms with E-state index in [9.17, 15) is 4.39 Å². The van der Waals surface area contributed by atoms with Crippen molar-refractivity contribution in [1.82, 2.24) is 5.32 Å². The first-order chi connectivity index (χ1) is 6.29. The number of halogens is 2. The molecule has 0 saturated carbocycles. The van der Waals surface area contributed by atoms with E-state index in [4.69, 9.17) is 11.6 Å². The van der Waals surface area contributed by atoms with Gasteiger partial charge in [0, 0.05) is 6.54 Å². The SMILES string of the molecule is FC(Cl)CNCCc1ccccc1. The van der Waals surface area contributed by atoms with Gasteiger partial charge < -0.3 is 5.32 Å². The maximum Gasteiger partial charge on any atom is 0.185 e. The minimum Gasteiger partial charge on any atom is -0.312 e. The lowest BCUT2D eigenvalue weighted by Crippen LogP contribution is -2.23. The number of rotatable bonds is 5. The third-order valence-electron chi connectivity index (χ3n) is 1.73. The van der Waals surface area contributed by atoms with E-state index in [0.717, 1.165) is 13.0 Å². The summed E-state index contributed by atoms with van der Waals surface area (Å²) in [6.45, 7) is 0.978. The fourth-order valence-corrected chi connectivity index (χ4v) is 1.20. The van der Waals surface area contributed by atoms with E-state index in [1.54, 1.807) is 0 Å². The average molecular weight is 202 g/mol. The smallest absolute Gasteiger partial charge is 0.185 e. The Kier molecular flexibility index (Phi) is 4.79. The topological polar surface area (TPSA) is 12.0 Å². The highest BCUT2D eigenvalue weighted by Gasteiger charge is 1.98. The van der Waals surface area contributed by atoms with Gasteiger partial charge in [0.1, 0.15) is 0 Å². The van der Waals surface area contributed by atoms with E-state index in [0.29, 0.717) is 0 Å². The van der Waals surface area contributed by atoms with E-state index >= 15 is 0 Å². The van der Waals surface area contributed by atoms with Crippen LogP contribution in [0.15, 0.2) is 30.3 Å². The summed E-state index contributed by atoms with van der Waals surface area (Å²) in [6.07, 6.45) is 0.907. The van der Waals surface area contributed by atoms with Crippen LogP contribution in [-0.2, 0) is 6.42 Å². The monoisotopic (exact) mass is 201 g/mol. The Hall–Kier alpha value is -0.600. The van der Waals surface area contributed by atoms with Crippen molar-refractivity contribution in [3.05, 3.63) is 35.9 Å². The van der Waals surface area contributed by atoms with Gasteiger partial charge >= 0.3 is 0 Å². The van der Waals surface area contributed by atoms with Crippen molar-refractivity contribution >= 4 is 11.6 Å². The Morgan fingerprint density at radius 2 is 2.00 bits per heavy atom. The summed E-state index contributed by atoms with van der Waals surface area (Å²) in [5.41, 5.74) is -0.0317. The maximum atomic E-state index is 12.1. The molecule has 72 valence electrons. The summed E-state index contributed by atoms with van der Waals surface area (Å²) in [4.78, 5) is 0. The molecule has 0 aromatic heterocycles. The molecule has 1 aromatic rings. The number of benzene rings is 1. The molecule has 0 saturated heterocycles. The zero-order valence-corrected chi connectivity index (χ0v) is 8.10. The van der Waals surface area contributed by atoms with Crippen molar-refractivity contribution in [2.75, 3.05) is 13.1 Å². The molecular weight excluding hydrogens is 189 g/mol. The lowest BCUT2D eigenvalue weighted by molar-refractivity contribution is 0.421. The van der Waals surface area contributed by atoms with Gasteiger partial charge in [0.05, 0.1) is 0 Å². The first-order valence-electron chi connectivity index (χ1n) is 4.32. The molecule has 1 unspecified atom stereocenters. The second kappa shape index (κ2) is 5.95.